The smallest absolute Gasteiger partial charge is 0.306 e. The predicted molar refractivity (Wildman–Crippen MR) is 94.0 cm³/mol. The molecule has 1 aromatic rings. The number of rotatable bonds is 5. The lowest BCUT2D eigenvalue weighted by atomic mass is 10.1. The summed E-state index contributed by atoms with van der Waals surface area (Å²) in [6.45, 7) is 11.2. The summed E-state index contributed by atoms with van der Waals surface area (Å²) in [5.41, 5.74) is 0.574. The molecule has 0 N–H and O–H groups in total. The second-order valence-electron chi connectivity index (χ2n) is 6.99. The van der Waals surface area contributed by atoms with Crippen molar-refractivity contribution in [2.45, 2.75) is 64.7 Å². The Balaban J connectivity index is 2.65. The fraction of sp³-hybridized carbons (Fsp3) is 0.625. The number of hydrogen-bond donors (Lipinski definition) is 0. The first-order valence-electron chi connectivity index (χ1n) is 7.23. The van der Waals surface area contributed by atoms with E-state index in [9.17, 15) is 9.00 Å². The van der Waals surface area contributed by atoms with Crippen LogP contribution in [0.1, 0.15) is 58.4 Å². The highest BCUT2D eigenvalue weighted by Crippen LogP contribution is 2.19. The third-order valence-electron chi connectivity index (χ3n) is 2.59. The van der Waals surface area contributed by atoms with E-state index in [0.717, 1.165) is 10.4 Å². The van der Waals surface area contributed by atoms with Gasteiger partial charge in [-0.05, 0) is 65.0 Å². The van der Waals surface area contributed by atoms with Gasteiger partial charge in [-0.1, -0.05) is 0 Å². The van der Waals surface area contributed by atoms with Gasteiger partial charge in [0.15, 0.2) is 0 Å². The van der Waals surface area contributed by atoms with E-state index in [1.54, 1.807) is 6.21 Å². The number of aryl methyl sites for hydroxylation is 1. The lowest BCUT2D eigenvalue weighted by Gasteiger charge is -2.19. The standard InChI is InChI=1S/C16H25NO3S2/c1-15(2,3)20-14(18)8-7-12-9-10-21-13(12)11-17-22(19)16(4,5)6/h9-11H,7-8H2,1-6H3/t22-/m0/s1. The third-order valence-corrected chi connectivity index (χ3v) is 4.83. The summed E-state index contributed by atoms with van der Waals surface area (Å²) in [6, 6.07) is 1.97. The van der Waals surface area contributed by atoms with Gasteiger partial charge < -0.3 is 4.74 Å². The van der Waals surface area contributed by atoms with E-state index in [-0.39, 0.29) is 10.7 Å². The molecule has 0 spiro atoms. The van der Waals surface area contributed by atoms with E-state index in [1.807, 2.05) is 53.0 Å². The van der Waals surface area contributed by atoms with Crippen LogP contribution in [0.15, 0.2) is 15.8 Å². The fourth-order valence-corrected chi connectivity index (χ4v) is 2.95. The normalized spacial score (nSPS) is 14.3. The van der Waals surface area contributed by atoms with Crippen LogP contribution < -0.4 is 0 Å². The molecule has 0 amide bonds. The molecule has 4 nitrogen and oxygen atoms in total. The van der Waals surface area contributed by atoms with Crippen LogP contribution in [0.25, 0.3) is 0 Å². The van der Waals surface area contributed by atoms with E-state index < -0.39 is 16.6 Å². The quantitative estimate of drug-likeness (QED) is 0.602. The van der Waals surface area contributed by atoms with Gasteiger partial charge in [-0.25, -0.2) is 4.21 Å². The number of carbonyl (C=O) groups is 1. The summed E-state index contributed by atoms with van der Waals surface area (Å²) in [6.07, 6.45) is 2.58. The first-order chi connectivity index (χ1) is 9.99. The number of ether oxygens (including phenoxy) is 1. The zero-order chi connectivity index (χ0) is 17.0. The van der Waals surface area contributed by atoms with Gasteiger partial charge in [-0.15, -0.1) is 11.3 Å². The van der Waals surface area contributed by atoms with Gasteiger partial charge in [-0.2, -0.15) is 4.40 Å². The van der Waals surface area contributed by atoms with Crippen LogP contribution in [0.2, 0.25) is 0 Å². The minimum atomic E-state index is -1.27. The predicted octanol–water partition coefficient (Wildman–Crippen LogP) is 3.90. The van der Waals surface area contributed by atoms with Gasteiger partial charge >= 0.3 is 5.97 Å². The molecular formula is C16H25NO3S2. The van der Waals surface area contributed by atoms with Crippen molar-refractivity contribution >= 4 is 34.5 Å². The molecule has 0 saturated carbocycles. The summed E-state index contributed by atoms with van der Waals surface area (Å²) in [7, 11) is -1.27. The van der Waals surface area contributed by atoms with Crippen LogP contribution in [0, 0.1) is 0 Å². The van der Waals surface area contributed by atoms with E-state index in [4.69, 9.17) is 4.74 Å². The molecule has 0 saturated heterocycles. The van der Waals surface area contributed by atoms with Gasteiger partial charge in [0, 0.05) is 11.3 Å². The average Bonchev–Trinajstić information content (AvgIpc) is 2.77. The molecule has 1 heterocycles. The van der Waals surface area contributed by atoms with Crippen LogP contribution in [-0.4, -0.2) is 26.7 Å². The maximum absolute atomic E-state index is 11.9. The fourth-order valence-electron chi connectivity index (χ4n) is 1.55. The van der Waals surface area contributed by atoms with Crippen LogP contribution in [0.5, 0.6) is 0 Å². The Kier molecular flexibility index (Phi) is 6.50. The van der Waals surface area contributed by atoms with Gasteiger partial charge in [0.25, 0.3) is 0 Å². The molecule has 0 radical (unpaired) electrons. The molecule has 0 fully saturated rings. The molecule has 6 heteroatoms. The molecule has 22 heavy (non-hydrogen) atoms. The SMILES string of the molecule is CC(C)(C)OC(=O)CCc1ccsc1C=N[S@@](=O)C(C)(C)C. The molecule has 0 aromatic carbocycles. The lowest BCUT2D eigenvalue weighted by molar-refractivity contribution is -0.154. The Bertz CT molecular complexity index is 563. The van der Waals surface area contributed by atoms with Crippen LogP contribution in [0.3, 0.4) is 0 Å². The molecule has 1 aromatic heterocycles. The van der Waals surface area contributed by atoms with Crippen molar-refractivity contribution in [1.82, 2.24) is 0 Å². The number of nitrogens with zero attached hydrogens (tertiary/aromatic N) is 1. The monoisotopic (exact) mass is 343 g/mol. The van der Waals surface area contributed by atoms with E-state index in [2.05, 4.69) is 4.40 Å². The average molecular weight is 344 g/mol. The first kappa shape index (κ1) is 19.0. The van der Waals surface area contributed by atoms with Crippen LogP contribution in [-0.2, 0) is 26.9 Å². The highest BCUT2D eigenvalue weighted by Gasteiger charge is 2.19. The third kappa shape index (κ3) is 6.83. The zero-order valence-electron chi connectivity index (χ0n) is 14.1. The molecule has 1 rings (SSSR count). The van der Waals surface area contributed by atoms with E-state index >= 15 is 0 Å². The minimum Gasteiger partial charge on any atom is -0.460 e. The Morgan fingerprint density at radius 3 is 2.50 bits per heavy atom. The molecule has 0 aliphatic heterocycles. The molecule has 0 aliphatic carbocycles. The van der Waals surface area contributed by atoms with Gasteiger partial charge in [-0.3, -0.25) is 4.79 Å². The summed E-state index contributed by atoms with van der Waals surface area (Å²) in [5, 5.41) is 1.95. The second kappa shape index (κ2) is 7.51. The largest absolute Gasteiger partial charge is 0.460 e. The number of hydrogen-bond acceptors (Lipinski definition) is 4. The summed E-state index contributed by atoms with van der Waals surface area (Å²) in [4.78, 5) is 12.7. The molecule has 124 valence electrons. The molecule has 0 aliphatic rings. The van der Waals surface area contributed by atoms with Crippen LogP contribution in [0.4, 0.5) is 0 Å². The van der Waals surface area contributed by atoms with Crippen molar-refractivity contribution in [3.8, 4) is 0 Å². The Hall–Kier alpha value is -1.01. The number of carbonyl (C=O) groups excluding carboxylic acids is 1. The van der Waals surface area contributed by atoms with Gasteiger partial charge in [0.2, 0.25) is 0 Å². The second-order valence-corrected chi connectivity index (χ2v) is 9.87. The van der Waals surface area contributed by atoms with Crippen molar-refractivity contribution in [1.29, 1.82) is 0 Å². The first-order valence-corrected chi connectivity index (χ1v) is 9.22. The zero-order valence-corrected chi connectivity index (χ0v) is 15.8. The minimum absolute atomic E-state index is 0.208. The van der Waals surface area contributed by atoms with Crippen molar-refractivity contribution in [2.75, 3.05) is 0 Å². The number of thiophene rings is 1. The summed E-state index contributed by atoms with van der Waals surface area (Å²) >= 11 is 1.53. The molecule has 1 atom stereocenters. The number of esters is 1. The molecule has 0 unspecified atom stereocenters. The van der Waals surface area contributed by atoms with E-state index in [0.29, 0.717) is 12.8 Å². The summed E-state index contributed by atoms with van der Waals surface area (Å²) in [5.74, 6) is -0.208. The summed E-state index contributed by atoms with van der Waals surface area (Å²) < 4.78 is 21.0. The highest BCUT2D eigenvalue weighted by atomic mass is 32.2. The van der Waals surface area contributed by atoms with Crippen molar-refractivity contribution in [3.63, 3.8) is 0 Å². The van der Waals surface area contributed by atoms with Gasteiger partial charge in [0.1, 0.15) is 16.6 Å². The maximum atomic E-state index is 11.9. The van der Waals surface area contributed by atoms with Crippen LogP contribution >= 0.6 is 11.3 Å². The molecular weight excluding hydrogens is 318 g/mol. The maximum Gasteiger partial charge on any atom is 0.306 e. The van der Waals surface area contributed by atoms with E-state index in [1.165, 1.54) is 11.3 Å². The topological polar surface area (TPSA) is 55.7 Å². The van der Waals surface area contributed by atoms with Crippen molar-refractivity contribution in [3.05, 3.63) is 21.9 Å². The highest BCUT2D eigenvalue weighted by molar-refractivity contribution is 7.85. The van der Waals surface area contributed by atoms with Crippen molar-refractivity contribution < 1.29 is 13.7 Å². The Morgan fingerprint density at radius 2 is 1.95 bits per heavy atom. The van der Waals surface area contributed by atoms with Gasteiger partial charge in [0.05, 0.1) is 11.0 Å². The molecule has 0 bridgehead atoms. The lowest BCUT2D eigenvalue weighted by Crippen LogP contribution is -2.24. The Labute approximate surface area is 139 Å². The van der Waals surface area contributed by atoms with Crippen molar-refractivity contribution in [2.24, 2.45) is 4.40 Å². The Morgan fingerprint density at radius 1 is 1.32 bits per heavy atom.